The van der Waals surface area contributed by atoms with Crippen LogP contribution in [0, 0.1) is 12.7 Å². The molecule has 0 aliphatic rings. The lowest BCUT2D eigenvalue weighted by Gasteiger charge is -2.35. The molecule has 4 heteroatoms. The summed E-state index contributed by atoms with van der Waals surface area (Å²) in [6, 6.07) is 9.51. The van der Waals surface area contributed by atoms with Crippen LogP contribution in [0.25, 0.3) is 0 Å². The van der Waals surface area contributed by atoms with Gasteiger partial charge in [-0.15, -0.1) is 11.3 Å². The maximum absolute atomic E-state index is 13.6. The first-order valence-electron chi connectivity index (χ1n) is 7.27. The fraction of sp³-hybridized carbons (Fsp3) is 0.412. The van der Waals surface area contributed by atoms with Crippen molar-refractivity contribution in [2.45, 2.75) is 39.4 Å². The van der Waals surface area contributed by atoms with Gasteiger partial charge in [-0.2, -0.15) is 0 Å². The van der Waals surface area contributed by atoms with Gasteiger partial charge >= 0.3 is 0 Å². The number of benzene rings is 1. The molecular formula is C17H23FN2S. The molecule has 1 unspecified atom stereocenters. The van der Waals surface area contributed by atoms with Crippen molar-refractivity contribution in [1.29, 1.82) is 0 Å². The van der Waals surface area contributed by atoms with E-state index in [2.05, 4.69) is 36.3 Å². The molecule has 1 atom stereocenters. The highest BCUT2D eigenvalue weighted by Gasteiger charge is 2.24. The second-order valence-electron chi connectivity index (χ2n) is 5.60. The lowest BCUT2D eigenvalue weighted by molar-refractivity contribution is 0.149. The van der Waals surface area contributed by atoms with Crippen LogP contribution in [-0.4, -0.2) is 17.5 Å². The second kappa shape index (κ2) is 7.16. The van der Waals surface area contributed by atoms with Crippen molar-refractivity contribution in [2.24, 2.45) is 5.73 Å². The molecule has 1 aromatic carbocycles. The van der Waals surface area contributed by atoms with E-state index in [0.717, 1.165) is 17.7 Å². The summed E-state index contributed by atoms with van der Waals surface area (Å²) in [5, 5.41) is 2.08. The number of hydrogen-bond acceptors (Lipinski definition) is 3. The van der Waals surface area contributed by atoms with Crippen molar-refractivity contribution in [3.63, 3.8) is 0 Å². The van der Waals surface area contributed by atoms with Gasteiger partial charge in [0.05, 0.1) is 0 Å². The van der Waals surface area contributed by atoms with Crippen molar-refractivity contribution in [3.05, 3.63) is 57.5 Å². The van der Waals surface area contributed by atoms with Gasteiger partial charge in [-0.3, -0.25) is 4.90 Å². The van der Waals surface area contributed by atoms with Crippen LogP contribution in [0.5, 0.6) is 0 Å². The lowest BCUT2D eigenvalue weighted by Crippen LogP contribution is -2.38. The van der Waals surface area contributed by atoms with Crippen LogP contribution in [-0.2, 0) is 6.54 Å². The molecule has 1 aromatic heterocycles. The molecular weight excluding hydrogens is 283 g/mol. The van der Waals surface area contributed by atoms with Gasteiger partial charge in [-0.1, -0.05) is 12.1 Å². The average Bonchev–Trinajstić information content (AvgIpc) is 2.95. The van der Waals surface area contributed by atoms with Gasteiger partial charge < -0.3 is 5.73 Å². The number of thiophene rings is 1. The van der Waals surface area contributed by atoms with Gasteiger partial charge in [0.2, 0.25) is 0 Å². The zero-order valence-corrected chi connectivity index (χ0v) is 13.7. The van der Waals surface area contributed by atoms with E-state index >= 15 is 0 Å². The molecule has 0 bridgehead atoms. The Morgan fingerprint density at radius 2 is 2.05 bits per heavy atom. The predicted octanol–water partition coefficient (Wildman–Crippen LogP) is 4.11. The van der Waals surface area contributed by atoms with Crippen molar-refractivity contribution >= 4 is 11.3 Å². The van der Waals surface area contributed by atoms with Gasteiger partial charge in [0.15, 0.2) is 0 Å². The van der Waals surface area contributed by atoms with Crippen molar-refractivity contribution in [1.82, 2.24) is 4.90 Å². The molecule has 0 aliphatic heterocycles. The number of rotatable bonds is 6. The quantitative estimate of drug-likeness (QED) is 0.870. The summed E-state index contributed by atoms with van der Waals surface area (Å²) < 4.78 is 13.6. The normalized spacial score (nSPS) is 13.1. The molecule has 2 nitrogen and oxygen atoms in total. The first-order valence-corrected chi connectivity index (χ1v) is 8.15. The topological polar surface area (TPSA) is 29.3 Å². The first kappa shape index (κ1) is 16.1. The fourth-order valence-corrected chi connectivity index (χ4v) is 3.36. The Morgan fingerprint density at radius 3 is 2.62 bits per heavy atom. The average molecular weight is 306 g/mol. The second-order valence-corrected chi connectivity index (χ2v) is 6.63. The number of nitrogens with zero attached hydrogens (tertiary/aromatic N) is 1. The third-order valence-corrected chi connectivity index (χ3v) is 4.67. The molecule has 0 radical (unpaired) electrons. The summed E-state index contributed by atoms with van der Waals surface area (Å²) in [6.45, 7) is 7.65. The van der Waals surface area contributed by atoms with Gasteiger partial charge in [0.25, 0.3) is 0 Å². The number of aryl methyl sites for hydroxylation is 1. The smallest absolute Gasteiger partial charge is 0.123 e. The minimum absolute atomic E-state index is 0.0304. The Balaban J connectivity index is 2.33. The highest BCUT2D eigenvalue weighted by atomic mass is 32.1. The molecule has 0 spiro atoms. The maximum Gasteiger partial charge on any atom is 0.123 e. The van der Waals surface area contributed by atoms with Crippen molar-refractivity contribution in [3.8, 4) is 0 Å². The van der Waals surface area contributed by atoms with Crippen LogP contribution in [0.15, 0.2) is 35.7 Å². The van der Waals surface area contributed by atoms with Crippen LogP contribution in [0.4, 0.5) is 4.39 Å². The van der Waals surface area contributed by atoms with Crippen LogP contribution in [0.2, 0.25) is 0 Å². The maximum atomic E-state index is 13.6. The Kier molecular flexibility index (Phi) is 5.51. The molecule has 0 saturated carbocycles. The zero-order chi connectivity index (χ0) is 15.4. The molecule has 2 N–H and O–H groups in total. The van der Waals surface area contributed by atoms with E-state index in [0.29, 0.717) is 12.6 Å². The van der Waals surface area contributed by atoms with Crippen molar-refractivity contribution in [2.75, 3.05) is 6.54 Å². The van der Waals surface area contributed by atoms with Crippen LogP contribution in [0.3, 0.4) is 0 Å². The van der Waals surface area contributed by atoms with E-state index in [1.54, 1.807) is 17.4 Å². The minimum atomic E-state index is -0.200. The Bertz CT molecular complexity index is 566. The molecule has 0 aliphatic carbocycles. The summed E-state index contributed by atoms with van der Waals surface area (Å²) >= 11 is 1.74. The van der Waals surface area contributed by atoms with Crippen LogP contribution >= 0.6 is 11.3 Å². The monoisotopic (exact) mass is 306 g/mol. The number of halogens is 1. The van der Waals surface area contributed by atoms with E-state index in [1.807, 2.05) is 13.0 Å². The van der Waals surface area contributed by atoms with E-state index < -0.39 is 0 Å². The Hall–Kier alpha value is -1.23. The molecule has 0 fully saturated rings. The number of hydrogen-bond donors (Lipinski definition) is 1. The first-order chi connectivity index (χ1) is 10.0. The Morgan fingerprint density at radius 1 is 1.29 bits per heavy atom. The molecule has 114 valence electrons. The molecule has 1 heterocycles. The summed E-state index contributed by atoms with van der Waals surface area (Å²) in [5.41, 5.74) is 8.11. The third-order valence-electron chi connectivity index (χ3n) is 3.81. The van der Waals surface area contributed by atoms with Crippen molar-refractivity contribution < 1.29 is 4.39 Å². The van der Waals surface area contributed by atoms with E-state index in [9.17, 15) is 4.39 Å². The summed E-state index contributed by atoms with van der Waals surface area (Å²) in [6.07, 6.45) is 0. The van der Waals surface area contributed by atoms with E-state index in [1.165, 1.54) is 10.9 Å². The van der Waals surface area contributed by atoms with Gasteiger partial charge in [-0.25, -0.2) is 4.39 Å². The van der Waals surface area contributed by atoms with Gasteiger partial charge in [0, 0.05) is 30.1 Å². The fourth-order valence-electron chi connectivity index (χ4n) is 2.65. The van der Waals surface area contributed by atoms with E-state index in [-0.39, 0.29) is 11.9 Å². The predicted molar refractivity (Wildman–Crippen MR) is 87.9 cm³/mol. The highest BCUT2D eigenvalue weighted by molar-refractivity contribution is 7.09. The number of nitrogens with two attached hydrogens (primary N) is 1. The Labute approximate surface area is 130 Å². The summed E-state index contributed by atoms with van der Waals surface area (Å²) in [4.78, 5) is 3.64. The molecule has 21 heavy (non-hydrogen) atoms. The SMILES string of the molecule is Cc1ccc(F)cc1C(CN)N(Cc1cccs1)C(C)C. The molecule has 0 amide bonds. The van der Waals surface area contributed by atoms with Crippen LogP contribution in [0.1, 0.15) is 35.9 Å². The minimum Gasteiger partial charge on any atom is -0.329 e. The lowest BCUT2D eigenvalue weighted by atomic mass is 9.98. The molecule has 2 rings (SSSR count). The van der Waals surface area contributed by atoms with E-state index in [4.69, 9.17) is 5.73 Å². The summed E-state index contributed by atoms with van der Waals surface area (Å²) in [7, 11) is 0. The van der Waals surface area contributed by atoms with Gasteiger partial charge in [-0.05, 0) is 55.5 Å². The highest BCUT2D eigenvalue weighted by Crippen LogP contribution is 2.28. The molecule has 2 aromatic rings. The summed E-state index contributed by atoms with van der Waals surface area (Å²) in [5.74, 6) is -0.200. The standard InChI is InChI=1S/C17H23FN2S/c1-12(2)20(11-15-5-4-8-21-15)17(10-19)16-9-14(18)7-6-13(16)3/h4-9,12,17H,10-11,19H2,1-3H3. The molecule has 0 saturated heterocycles. The largest absolute Gasteiger partial charge is 0.329 e. The third kappa shape index (κ3) is 3.90. The zero-order valence-electron chi connectivity index (χ0n) is 12.8. The van der Waals surface area contributed by atoms with Gasteiger partial charge in [0.1, 0.15) is 5.82 Å². The van der Waals surface area contributed by atoms with Crippen LogP contribution < -0.4 is 5.73 Å².